The van der Waals surface area contributed by atoms with Crippen molar-refractivity contribution in [3.8, 4) is 11.1 Å². The molecule has 0 amide bonds. The Labute approximate surface area is 182 Å². The van der Waals surface area contributed by atoms with E-state index in [0.29, 0.717) is 6.10 Å². The molecule has 0 saturated heterocycles. The number of hydrogen-bond acceptors (Lipinski definition) is 3. The largest absolute Gasteiger partial charge is 0.491 e. The molecule has 162 valence electrons. The molecule has 0 unspecified atom stereocenters. The molecule has 1 heterocycles. The first-order chi connectivity index (χ1) is 14.6. The van der Waals surface area contributed by atoms with Crippen molar-refractivity contribution in [2.24, 2.45) is 0 Å². The Morgan fingerprint density at radius 3 is 2.30 bits per heavy atom. The molecule has 0 spiro atoms. The van der Waals surface area contributed by atoms with Gasteiger partial charge in [-0.3, -0.25) is 4.98 Å². The van der Waals surface area contributed by atoms with Crippen molar-refractivity contribution in [3.63, 3.8) is 0 Å². The van der Waals surface area contributed by atoms with Crippen LogP contribution in [0, 0.1) is 13.8 Å². The van der Waals surface area contributed by atoms with Crippen LogP contribution in [0.5, 0.6) is 0 Å². The smallest absolute Gasteiger partial charge is 0.112 e. The van der Waals surface area contributed by atoms with Gasteiger partial charge < -0.3 is 9.84 Å². The third-order valence-electron chi connectivity index (χ3n) is 5.02. The number of rotatable bonds is 6. The van der Waals surface area contributed by atoms with Crippen molar-refractivity contribution < 1.29 is 9.84 Å². The second kappa shape index (κ2) is 13.6. The fourth-order valence-corrected chi connectivity index (χ4v) is 3.18. The average Bonchev–Trinajstić information content (AvgIpc) is 2.75. The van der Waals surface area contributed by atoms with Gasteiger partial charge in [0.1, 0.15) is 5.76 Å². The van der Waals surface area contributed by atoms with Crippen LogP contribution in [0.15, 0.2) is 67.2 Å². The number of nitrogens with zero attached hydrogens (tertiary/aromatic N) is 1. The van der Waals surface area contributed by atoms with Gasteiger partial charge in [0.2, 0.25) is 0 Å². The quantitative estimate of drug-likeness (QED) is 0.412. The van der Waals surface area contributed by atoms with Crippen molar-refractivity contribution in [2.45, 2.75) is 60.0 Å². The van der Waals surface area contributed by atoms with E-state index >= 15 is 0 Å². The molecule has 2 aromatic rings. The van der Waals surface area contributed by atoms with E-state index in [-0.39, 0.29) is 0 Å². The summed E-state index contributed by atoms with van der Waals surface area (Å²) >= 11 is 0. The molecule has 0 atom stereocenters. The highest BCUT2D eigenvalue weighted by atomic mass is 16.5. The SMILES string of the molecule is C=C(/C=C\C(=C/C)c1ccc(-c2cnccc2C)c(C)c1)OC1CCC1.CC.CO. The topological polar surface area (TPSA) is 42.4 Å². The first-order valence-corrected chi connectivity index (χ1v) is 10.7. The lowest BCUT2D eigenvalue weighted by molar-refractivity contribution is 0.0599. The van der Waals surface area contributed by atoms with Gasteiger partial charge in [-0.2, -0.15) is 0 Å². The number of benzene rings is 1. The monoisotopic (exact) mass is 407 g/mol. The maximum Gasteiger partial charge on any atom is 0.112 e. The minimum absolute atomic E-state index is 0.366. The Kier molecular flexibility index (Phi) is 11.5. The molecule has 1 aliphatic rings. The second-order valence-corrected chi connectivity index (χ2v) is 6.93. The number of pyridine rings is 1. The summed E-state index contributed by atoms with van der Waals surface area (Å²) in [5, 5.41) is 7.00. The van der Waals surface area contributed by atoms with Crippen LogP contribution in [0.4, 0.5) is 0 Å². The summed E-state index contributed by atoms with van der Waals surface area (Å²) in [6, 6.07) is 8.64. The van der Waals surface area contributed by atoms with Crippen LogP contribution < -0.4 is 0 Å². The summed E-state index contributed by atoms with van der Waals surface area (Å²) in [7, 11) is 1.00. The molecule has 1 fully saturated rings. The van der Waals surface area contributed by atoms with Crippen molar-refractivity contribution in [3.05, 3.63) is 83.9 Å². The van der Waals surface area contributed by atoms with Crippen LogP contribution in [0.1, 0.15) is 56.7 Å². The van der Waals surface area contributed by atoms with Gasteiger partial charge in [-0.05, 0) is 80.0 Å². The van der Waals surface area contributed by atoms with Crippen LogP contribution in [-0.2, 0) is 4.74 Å². The Hall–Kier alpha value is -2.65. The second-order valence-electron chi connectivity index (χ2n) is 6.93. The van der Waals surface area contributed by atoms with Crippen molar-refractivity contribution >= 4 is 5.57 Å². The van der Waals surface area contributed by atoms with Gasteiger partial charge in [0.05, 0.1) is 6.10 Å². The molecule has 3 heteroatoms. The first kappa shape index (κ1) is 25.4. The number of allylic oxidation sites excluding steroid dienone is 4. The van der Waals surface area contributed by atoms with Gasteiger partial charge in [-0.1, -0.05) is 50.8 Å². The summed E-state index contributed by atoms with van der Waals surface area (Å²) in [4.78, 5) is 4.27. The predicted octanol–water partition coefficient (Wildman–Crippen LogP) is 7.04. The lowest BCUT2D eigenvalue weighted by atomic mass is 9.94. The van der Waals surface area contributed by atoms with E-state index in [2.05, 4.69) is 68.8 Å². The molecule has 1 saturated carbocycles. The number of aliphatic hydroxyl groups is 1. The number of aromatic nitrogens is 1. The summed E-state index contributed by atoms with van der Waals surface area (Å²) in [6.07, 6.45) is 13.9. The molecule has 30 heavy (non-hydrogen) atoms. The minimum Gasteiger partial charge on any atom is -0.491 e. The molecule has 0 aliphatic heterocycles. The zero-order valence-electron chi connectivity index (χ0n) is 19.4. The highest BCUT2D eigenvalue weighted by Crippen LogP contribution is 2.29. The summed E-state index contributed by atoms with van der Waals surface area (Å²) in [5.74, 6) is 0.744. The number of aryl methyl sites for hydroxylation is 2. The standard InChI is InChI=1S/C24H27NO.C2H6.CH4O/c1-5-20(10-9-19(4)26-22-7-6-8-22)21-11-12-23(18(3)15-21)24-16-25-14-13-17(24)2;2*1-2/h5,9-16,22H,4,6-8H2,1-3H3;1-2H3;2H,1H3/b10-9-,20-5+;;. The number of aliphatic hydroxyl groups excluding tert-OH is 1. The van der Waals surface area contributed by atoms with Crippen LogP contribution >= 0.6 is 0 Å². The fourth-order valence-electron chi connectivity index (χ4n) is 3.18. The molecule has 3 nitrogen and oxygen atoms in total. The van der Waals surface area contributed by atoms with E-state index in [0.717, 1.165) is 25.7 Å². The molecule has 0 radical (unpaired) electrons. The third kappa shape index (κ3) is 7.00. The zero-order chi connectivity index (χ0) is 22.5. The first-order valence-electron chi connectivity index (χ1n) is 10.7. The van der Waals surface area contributed by atoms with Gasteiger partial charge >= 0.3 is 0 Å². The highest BCUT2D eigenvalue weighted by Gasteiger charge is 2.18. The van der Waals surface area contributed by atoms with Gasteiger partial charge in [0.15, 0.2) is 0 Å². The number of ether oxygens (including phenoxy) is 1. The van der Waals surface area contributed by atoms with Crippen molar-refractivity contribution in [1.29, 1.82) is 0 Å². The molecule has 3 rings (SSSR count). The zero-order valence-corrected chi connectivity index (χ0v) is 19.4. The van der Waals surface area contributed by atoms with Gasteiger partial charge in [0.25, 0.3) is 0 Å². The maximum absolute atomic E-state index is 7.00. The third-order valence-corrected chi connectivity index (χ3v) is 5.02. The normalized spacial score (nSPS) is 13.5. The molecule has 1 aromatic heterocycles. The highest BCUT2D eigenvalue weighted by molar-refractivity contribution is 5.78. The lowest BCUT2D eigenvalue weighted by Gasteiger charge is -2.26. The van der Waals surface area contributed by atoms with Gasteiger partial charge in [-0.25, -0.2) is 0 Å². The average molecular weight is 408 g/mol. The molecular formula is C27H37NO2. The van der Waals surface area contributed by atoms with Crippen molar-refractivity contribution in [2.75, 3.05) is 7.11 Å². The Morgan fingerprint density at radius 2 is 1.77 bits per heavy atom. The van der Waals surface area contributed by atoms with E-state index < -0.39 is 0 Å². The number of hydrogen-bond donors (Lipinski definition) is 1. The Balaban J connectivity index is 0.00000106. The van der Waals surface area contributed by atoms with E-state index in [1.165, 1.54) is 39.8 Å². The van der Waals surface area contributed by atoms with Crippen LogP contribution in [0.2, 0.25) is 0 Å². The lowest BCUT2D eigenvalue weighted by Crippen LogP contribution is -2.20. The van der Waals surface area contributed by atoms with E-state index in [1.54, 1.807) is 0 Å². The maximum atomic E-state index is 7.00. The van der Waals surface area contributed by atoms with Gasteiger partial charge in [0, 0.05) is 25.1 Å². The van der Waals surface area contributed by atoms with Crippen LogP contribution in [0.25, 0.3) is 16.7 Å². The minimum atomic E-state index is 0.366. The molecular weight excluding hydrogens is 370 g/mol. The molecule has 1 N–H and O–H groups in total. The Morgan fingerprint density at radius 1 is 1.07 bits per heavy atom. The molecule has 1 aliphatic carbocycles. The van der Waals surface area contributed by atoms with E-state index in [1.807, 2.05) is 32.3 Å². The molecule has 1 aromatic carbocycles. The molecule has 0 bridgehead atoms. The van der Waals surface area contributed by atoms with E-state index in [4.69, 9.17) is 9.84 Å². The summed E-state index contributed by atoms with van der Waals surface area (Å²) in [5.41, 5.74) is 7.28. The predicted molar refractivity (Wildman–Crippen MR) is 129 cm³/mol. The van der Waals surface area contributed by atoms with E-state index in [9.17, 15) is 0 Å². The van der Waals surface area contributed by atoms with Crippen molar-refractivity contribution in [1.82, 2.24) is 4.98 Å². The Bertz CT molecular complexity index is 861. The summed E-state index contributed by atoms with van der Waals surface area (Å²) in [6.45, 7) is 14.4. The fraction of sp³-hybridized carbons (Fsp3) is 0.370. The summed E-state index contributed by atoms with van der Waals surface area (Å²) < 4.78 is 5.82. The van der Waals surface area contributed by atoms with Crippen LogP contribution in [-0.4, -0.2) is 23.3 Å². The van der Waals surface area contributed by atoms with Gasteiger partial charge in [-0.15, -0.1) is 0 Å². The van der Waals surface area contributed by atoms with Crippen LogP contribution in [0.3, 0.4) is 0 Å².